The van der Waals surface area contributed by atoms with Gasteiger partial charge in [-0.3, -0.25) is 10.1 Å². The predicted octanol–water partition coefficient (Wildman–Crippen LogP) is 4.20. The molecule has 0 atom stereocenters. The van der Waals surface area contributed by atoms with E-state index < -0.39 is 0 Å². The van der Waals surface area contributed by atoms with Crippen LogP contribution in [0, 0.1) is 0 Å². The number of fused-ring (bicyclic) bond motifs is 1. The molecule has 3 rings (SSSR count). The minimum atomic E-state index is -0.146. The van der Waals surface area contributed by atoms with Crippen molar-refractivity contribution in [3.63, 3.8) is 0 Å². The summed E-state index contributed by atoms with van der Waals surface area (Å²) in [6.45, 7) is 6.36. The molecule has 1 amide bonds. The molecule has 0 unspecified atom stereocenters. The van der Waals surface area contributed by atoms with Crippen molar-refractivity contribution in [2.45, 2.75) is 26.2 Å². The number of nitrogens with one attached hydrogen (secondary N) is 1. The summed E-state index contributed by atoms with van der Waals surface area (Å²) >= 11 is 0. The zero-order valence-corrected chi connectivity index (χ0v) is 15.0. The fourth-order valence-corrected chi connectivity index (χ4v) is 2.71. The molecule has 0 radical (unpaired) electrons. The van der Waals surface area contributed by atoms with Gasteiger partial charge in [0.15, 0.2) is 0 Å². The number of aromatic nitrogens is 1. The molecule has 25 heavy (non-hydrogen) atoms. The van der Waals surface area contributed by atoms with Crippen molar-refractivity contribution in [2.24, 2.45) is 0 Å². The number of likely N-dealkylation sites (N-methyl/N-ethyl adjacent to an activating group) is 1. The lowest BCUT2D eigenvalue weighted by Gasteiger charge is -2.20. The Hall–Kier alpha value is -2.82. The van der Waals surface area contributed by atoms with Crippen LogP contribution in [-0.4, -0.2) is 24.7 Å². The summed E-state index contributed by atoms with van der Waals surface area (Å²) < 4.78 is 5.22. The van der Waals surface area contributed by atoms with Crippen molar-refractivity contribution >= 4 is 28.3 Å². The molecule has 0 aliphatic rings. The zero-order valence-electron chi connectivity index (χ0n) is 15.0. The number of hydrogen-bond acceptors (Lipinski definition) is 4. The first-order valence-corrected chi connectivity index (χ1v) is 8.30. The lowest BCUT2D eigenvalue weighted by Crippen LogP contribution is -2.30. The Morgan fingerprint density at radius 3 is 2.60 bits per heavy atom. The van der Waals surface area contributed by atoms with E-state index in [0.717, 1.165) is 22.2 Å². The predicted molar refractivity (Wildman–Crippen MR) is 101 cm³/mol. The number of carbonyl (C=O) groups excluding carboxylic acids is 1. The Labute approximate surface area is 147 Å². The Morgan fingerprint density at radius 2 is 1.88 bits per heavy atom. The van der Waals surface area contributed by atoms with Crippen molar-refractivity contribution in [2.75, 3.05) is 23.8 Å². The van der Waals surface area contributed by atoms with Crippen LogP contribution in [0.4, 0.5) is 11.6 Å². The van der Waals surface area contributed by atoms with Gasteiger partial charge in [-0.15, -0.1) is 0 Å². The summed E-state index contributed by atoms with van der Waals surface area (Å²) in [7, 11) is 1.91. The summed E-state index contributed by atoms with van der Waals surface area (Å²) in [5.41, 5.74) is 1.71. The number of carbonyl (C=O) groups is 1. The van der Waals surface area contributed by atoms with Crippen LogP contribution in [0.2, 0.25) is 0 Å². The average molecular weight is 337 g/mol. The second-order valence-electron chi connectivity index (χ2n) is 7.23. The molecule has 1 aromatic heterocycles. The fourth-order valence-electron chi connectivity index (χ4n) is 2.71. The standard InChI is InChI=1S/C20H23N3O2/c1-20(2,3)17-12-19(25-22-17)21-18(24)13-23(4)16-11-7-9-14-8-5-6-10-15(14)16/h5-12H,13H2,1-4H3,(H,21,24). The topological polar surface area (TPSA) is 58.4 Å². The SMILES string of the molecule is CN(CC(=O)Nc1cc(C(C)(C)C)no1)c1cccc2ccccc12. The first kappa shape index (κ1) is 17.0. The minimum Gasteiger partial charge on any atom is -0.365 e. The van der Waals surface area contributed by atoms with E-state index in [4.69, 9.17) is 4.52 Å². The third kappa shape index (κ3) is 3.82. The molecule has 0 bridgehead atoms. The molecular formula is C20H23N3O2. The van der Waals surface area contributed by atoms with Crippen molar-refractivity contribution in [1.82, 2.24) is 5.16 Å². The molecular weight excluding hydrogens is 314 g/mol. The monoisotopic (exact) mass is 337 g/mol. The normalized spacial score (nSPS) is 11.5. The molecule has 130 valence electrons. The van der Waals surface area contributed by atoms with Gasteiger partial charge < -0.3 is 9.42 Å². The van der Waals surface area contributed by atoms with Gasteiger partial charge in [0.25, 0.3) is 0 Å². The largest absolute Gasteiger partial charge is 0.365 e. The first-order valence-electron chi connectivity index (χ1n) is 8.30. The van der Waals surface area contributed by atoms with Crippen LogP contribution in [0.15, 0.2) is 53.1 Å². The molecule has 0 spiro atoms. The molecule has 3 aromatic rings. The maximum Gasteiger partial charge on any atom is 0.246 e. The van der Waals surface area contributed by atoms with Crippen molar-refractivity contribution < 1.29 is 9.32 Å². The van der Waals surface area contributed by atoms with Crippen LogP contribution in [-0.2, 0) is 10.2 Å². The highest BCUT2D eigenvalue weighted by Gasteiger charge is 2.20. The van der Waals surface area contributed by atoms with Gasteiger partial charge in [-0.2, -0.15) is 0 Å². The number of nitrogens with zero attached hydrogens (tertiary/aromatic N) is 2. The molecule has 0 aliphatic heterocycles. The Morgan fingerprint density at radius 1 is 1.16 bits per heavy atom. The smallest absolute Gasteiger partial charge is 0.246 e. The molecule has 0 saturated heterocycles. The van der Waals surface area contributed by atoms with Gasteiger partial charge in [0.2, 0.25) is 11.8 Å². The molecule has 0 fully saturated rings. The van der Waals surface area contributed by atoms with Crippen LogP contribution in [0.5, 0.6) is 0 Å². The highest BCUT2D eigenvalue weighted by atomic mass is 16.5. The van der Waals surface area contributed by atoms with Crippen molar-refractivity contribution in [3.05, 3.63) is 54.2 Å². The van der Waals surface area contributed by atoms with Crippen LogP contribution < -0.4 is 10.2 Å². The zero-order chi connectivity index (χ0) is 18.0. The highest BCUT2D eigenvalue weighted by Crippen LogP contribution is 2.26. The maximum atomic E-state index is 12.4. The Kier molecular flexibility index (Phi) is 4.49. The number of anilines is 2. The van der Waals surface area contributed by atoms with Gasteiger partial charge in [-0.1, -0.05) is 62.3 Å². The highest BCUT2D eigenvalue weighted by molar-refractivity contribution is 5.98. The van der Waals surface area contributed by atoms with Crippen LogP contribution in [0.1, 0.15) is 26.5 Å². The van der Waals surface area contributed by atoms with Gasteiger partial charge in [0.05, 0.1) is 12.2 Å². The summed E-state index contributed by atoms with van der Waals surface area (Å²) in [5, 5.41) is 9.06. The van der Waals surface area contributed by atoms with Crippen molar-refractivity contribution in [3.8, 4) is 0 Å². The molecule has 0 saturated carbocycles. The second-order valence-corrected chi connectivity index (χ2v) is 7.23. The van der Waals surface area contributed by atoms with E-state index in [-0.39, 0.29) is 17.9 Å². The quantitative estimate of drug-likeness (QED) is 0.775. The minimum absolute atomic E-state index is 0.119. The van der Waals surface area contributed by atoms with E-state index in [2.05, 4.69) is 28.7 Å². The maximum absolute atomic E-state index is 12.4. The van der Waals surface area contributed by atoms with Gasteiger partial charge in [-0.25, -0.2) is 0 Å². The van der Waals surface area contributed by atoms with Gasteiger partial charge in [-0.05, 0) is 11.5 Å². The molecule has 5 heteroatoms. The Bertz CT molecular complexity index is 888. The third-order valence-electron chi connectivity index (χ3n) is 4.10. The van der Waals surface area contributed by atoms with Crippen LogP contribution in [0.25, 0.3) is 10.8 Å². The molecule has 1 heterocycles. The summed E-state index contributed by atoms with van der Waals surface area (Å²) in [6, 6.07) is 16.0. The number of rotatable bonds is 4. The number of hydrogen-bond donors (Lipinski definition) is 1. The van der Waals surface area contributed by atoms with Crippen molar-refractivity contribution in [1.29, 1.82) is 0 Å². The summed E-state index contributed by atoms with van der Waals surface area (Å²) in [4.78, 5) is 14.3. The summed E-state index contributed by atoms with van der Waals surface area (Å²) in [6.07, 6.45) is 0. The average Bonchev–Trinajstić information content (AvgIpc) is 3.02. The van der Waals surface area contributed by atoms with Crippen LogP contribution >= 0.6 is 0 Å². The second kappa shape index (κ2) is 6.59. The molecule has 5 nitrogen and oxygen atoms in total. The van der Waals surface area contributed by atoms with E-state index in [1.807, 2.05) is 57.0 Å². The van der Waals surface area contributed by atoms with Gasteiger partial charge >= 0.3 is 0 Å². The Balaban J connectivity index is 1.71. The lowest BCUT2D eigenvalue weighted by atomic mass is 9.92. The van der Waals surface area contributed by atoms with E-state index in [1.54, 1.807) is 6.07 Å². The van der Waals surface area contributed by atoms with E-state index in [1.165, 1.54) is 0 Å². The molecule has 0 aliphatic carbocycles. The molecule has 2 aromatic carbocycles. The molecule has 1 N–H and O–H groups in total. The van der Waals surface area contributed by atoms with E-state index in [9.17, 15) is 4.79 Å². The third-order valence-corrected chi connectivity index (χ3v) is 4.10. The summed E-state index contributed by atoms with van der Waals surface area (Å²) in [5.74, 6) is 0.230. The first-order chi connectivity index (χ1) is 11.8. The van der Waals surface area contributed by atoms with E-state index in [0.29, 0.717) is 5.88 Å². The number of benzene rings is 2. The number of amides is 1. The van der Waals surface area contributed by atoms with Gasteiger partial charge in [0.1, 0.15) is 0 Å². The fraction of sp³-hybridized carbons (Fsp3) is 0.300. The van der Waals surface area contributed by atoms with Gasteiger partial charge in [0, 0.05) is 29.6 Å². The van der Waals surface area contributed by atoms with E-state index >= 15 is 0 Å². The lowest BCUT2D eigenvalue weighted by molar-refractivity contribution is -0.115. The van der Waals surface area contributed by atoms with Crippen LogP contribution in [0.3, 0.4) is 0 Å².